The number of carboxylic acid groups (broad SMARTS) is 1. The SMILES string of the molecule is O=C(O)C1COC2(CCN(S(=O)(=O)c3ccc(F)s3)CC2)C1. The van der Waals surface area contributed by atoms with E-state index in [0.717, 1.165) is 6.07 Å². The number of halogens is 1. The predicted octanol–water partition coefficient (Wildman–Crippen LogP) is 1.53. The maximum atomic E-state index is 13.0. The molecular weight excluding hydrogens is 333 g/mol. The average Bonchev–Trinajstić information content (AvgIpc) is 3.07. The third kappa shape index (κ3) is 2.78. The maximum absolute atomic E-state index is 13.0. The first kappa shape index (κ1) is 15.9. The molecule has 3 rings (SSSR count). The predicted molar refractivity (Wildman–Crippen MR) is 76.7 cm³/mol. The first-order valence-corrected chi connectivity index (χ1v) is 9.20. The highest BCUT2D eigenvalue weighted by Crippen LogP contribution is 2.40. The summed E-state index contributed by atoms with van der Waals surface area (Å²) in [5, 5.41) is 8.51. The number of hydrogen-bond acceptors (Lipinski definition) is 5. The van der Waals surface area contributed by atoms with E-state index in [4.69, 9.17) is 9.84 Å². The minimum atomic E-state index is -3.68. The van der Waals surface area contributed by atoms with Gasteiger partial charge in [-0.15, -0.1) is 0 Å². The minimum Gasteiger partial charge on any atom is -0.481 e. The fraction of sp³-hybridized carbons (Fsp3) is 0.615. The Balaban J connectivity index is 1.68. The summed E-state index contributed by atoms with van der Waals surface area (Å²) < 4.78 is 44.9. The summed E-state index contributed by atoms with van der Waals surface area (Å²) in [7, 11) is -3.68. The zero-order valence-electron chi connectivity index (χ0n) is 11.7. The topological polar surface area (TPSA) is 83.9 Å². The number of piperidine rings is 1. The molecule has 122 valence electrons. The van der Waals surface area contributed by atoms with Crippen molar-refractivity contribution >= 4 is 27.3 Å². The van der Waals surface area contributed by atoms with Crippen molar-refractivity contribution < 1.29 is 27.4 Å². The molecule has 1 N–H and O–H groups in total. The van der Waals surface area contributed by atoms with Crippen molar-refractivity contribution in [3.8, 4) is 0 Å². The summed E-state index contributed by atoms with van der Waals surface area (Å²) in [5.41, 5.74) is -0.532. The van der Waals surface area contributed by atoms with Crippen LogP contribution in [0.3, 0.4) is 0 Å². The number of carbonyl (C=O) groups is 1. The van der Waals surface area contributed by atoms with Crippen LogP contribution in [0.25, 0.3) is 0 Å². The van der Waals surface area contributed by atoms with E-state index in [0.29, 0.717) is 30.6 Å². The number of carboxylic acids is 1. The quantitative estimate of drug-likeness (QED) is 0.895. The monoisotopic (exact) mass is 349 g/mol. The van der Waals surface area contributed by atoms with Crippen LogP contribution in [-0.2, 0) is 19.6 Å². The zero-order chi connectivity index (χ0) is 16.0. The van der Waals surface area contributed by atoms with Gasteiger partial charge in [-0.3, -0.25) is 4.79 Å². The van der Waals surface area contributed by atoms with Crippen LogP contribution >= 0.6 is 11.3 Å². The lowest BCUT2D eigenvalue weighted by atomic mass is 9.86. The molecule has 1 atom stereocenters. The van der Waals surface area contributed by atoms with Crippen molar-refractivity contribution in [1.82, 2.24) is 4.31 Å². The van der Waals surface area contributed by atoms with Crippen LogP contribution in [0.2, 0.25) is 0 Å². The molecule has 0 bridgehead atoms. The van der Waals surface area contributed by atoms with Gasteiger partial charge in [-0.25, -0.2) is 8.42 Å². The number of nitrogens with zero attached hydrogens (tertiary/aromatic N) is 1. The van der Waals surface area contributed by atoms with E-state index >= 15 is 0 Å². The standard InChI is InChI=1S/C13H16FNO5S2/c14-10-1-2-11(21-10)22(18,19)15-5-3-13(4-6-15)7-9(8-20-13)12(16)17/h1-2,9H,3-8H2,(H,16,17). The van der Waals surface area contributed by atoms with E-state index in [1.807, 2.05) is 0 Å². The largest absolute Gasteiger partial charge is 0.481 e. The number of rotatable bonds is 3. The summed E-state index contributed by atoms with van der Waals surface area (Å²) in [6.45, 7) is 0.695. The van der Waals surface area contributed by atoms with Gasteiger partial charge in [-0.05, 0) is 31.4 Å². The molecule has 3 heterocycles. The number of sulfonamides is 1. The second-order valence-corrected chi connectivity index (χ2v) is 8.89. The maximum Gasteiger partial charge on any atom is 0.308 e. The molecule has 1 aromatic rings. The van der Waals surface area contributed by atoms with Gasteiger partial charge in [-0.1, -0.05) is 11.3 Å². The van der Waals surface area contributed by atoms with Crippen LogP contribution in [0.15, 0.2) is 16.3 Å². The third-order valence-corrected chi connectivity index (χ3v) is 7.57. The molecule has 2 saturated heterocycles. The number of ether oxygens (including phenoxy) is 1. The Labute approximate surface area is 131 Å². The molecule has 22 heavy (non-hydrogen) atoms. The van der Waals surface area contributed by atoms with Crippen LogP contribution in [-0.4, -0.2) is 49.1 Å². The summed E-state index contributed by atoms with van der Waals surface area (Å²) in [4.78, 5) is 11.0. The smallest absolute Gasteiger partial charge is 0.308 e. The Morgan fingerprint density at radius 2 is 2.09 bits per heavy atom. The molecule has 1 aromatic heterocycles. The highest BCUT2D eigenvalue weighted by Gasteiger charge is 2.46. The Hall–Kier alpha value is -1.03. The number of hydrogen-bond donors (Lipinski definition) is 1. The van der Waals surface area contributed by atoms with Crippen LogP contribution in [0.5, 0.6) is 0 Å². The normalized spacial score (nSPS) is 25.6. The molecule has 0 aromatic carbocycles. The van der Waals surface area contributed by atoms with E-state index in [1.54, 1.807) is 0 Å². The number of aliphatic carboxylic acids is 1. The molecule has 9 heteroatoms. The molecule has 2 aliphatic rings. The highest BCUT2D eigenvalue weighted by molar-refractivity contribution is 7.91. The summed E-state index contributed by atoms with van der Waals surface area (Å²) >= 11 is 0.611. The molecular formula is C13H16FNO5S2. The Morgan fingerprint density at radius 3 is 2.59 bits per heavy atom. The molecule has 1 spiro atoms. The van der Waals surface area contributed by atoms with Crippen molar-refractivity contribution in [1.29, 1.82) is 0 Å². The fourth-order valence-electron chi connectivity index (χ4n) is 3.05. The van der Waals surface area contributed by atoms with Gasteiger partial charge in [0.15, 0.2) is 5.13 Å². The lowest BCUT2D eigenvalue weighted by Gasteiger charge is -2.37. The second-order valence-electron chi connectivity index (χ2n) is 5.70. The van der Waals surface area contributed by atoms with E-state index in [-0.39, 0.29) is 23.9 Å². The molecule has 2 fully saturated rings. The van der Waals surface area contributed by atoms with Gasteiger partial charge in [0.1, 0.15) is 4.21 Å². The van der Waals surface area contributed by atoms with Crippen LogP contribution < -0.4 is 0 Å². The Morgan fingerprint density at radius 1 is 1.41 bits per heavy atom. The van der Waals surface area contributed by atoms with Crippen LogP contribution in [0.1, 0.15) is 19.3 Å². The molecule has 0 radical (unpaired) electrons. The summed E-state index contributed by atoms with van der Waals surface area (Å²) in [5.74, 6) is -1.39. The first-order chi connectivity index (χ1) is 10.3. The second kappa shape index (κ2) is 5.55. The molecule has 0 amide bonds. The van der Waals surface area contributed by atoms with Crippen molar-refractivity contribution in [2.24, 2.45) is 5.92 Å². The molecule has 0 saturated carbocycles. The van der Waals surface area contributed by atoms with Crippen molar-refractivity contribution in [3.63, 3.8) is 0 Å². The van der Waals surface area contributed by atoms with Crippen LogP contribution in [0, 0.1) is 11.0 Å². The van der Waals surface area contributed by atoms with Crippen molar-refractivity contribution in [2.75, 3.05) is 19.7 Å². The van der Waals surface area contributed by atoms with Gasteiger partial charge in [0.05, 0.1) is 18.1 Å². The third-order valence-electron chi connectivity index (χ3n) is 4.33. The van der Waals surface area contributed by atoms with Gasteiger partial charge in [-0.2, -0.15) is 8.70 Å². The van der Waals surface area contributed by atoms with Gasteiger partial charge in [0.2, 0.25) is 0 Å². The van der Waals surface area contributed by atoms with E-state index in [1.165, 1.54) is 10.4 Å². The fourth-order valence-corrected chi connectivity index (χ4v) is 5.65. The first-order valence-electron chi connectivity index (χ1n) is 6.95. The average molecular weight is 349 g/mol. The molecule has 2 aliphatic heterocycles. The van der Waals surface area contributed by atoms with Crippen molar-refractivity contribution in [2.45, 2.75) is 29.1 Å². The Bertz CT molecular complexity index is 678. The Kier molecular flexibility index (Phi) is 4.00. The van der Waals surface area contributed by atoms with Gasteiger partial charge < -0.3 is 9.84 Å². The lowest BCUT2D eigenvalue weighted by molar-refractivity contribution is -0.141. The van der Waals surface area contributed by atoms with Gasteiger partial charge in [0.25, 0.3) is 10.0 Å². The minimum absolute atomic E-state index is 0.00305. The molecule has 0 aliphatic carbocycles. The van der Waals surface area contributed by atoms with E-state index in [9.17, 15) is 17.6 Å². The lowest BCUT2D eigenvalue weighted by Crippen LogP contribution is -2.46. The molecule has 1 unspecified atom stereocenters. The van der Waals surface area contributed by atoms with Gasteiger partial charge in [0, 0.05) is 13.1 Å². The van der Waals surface area contributed by atoms with E-state index in [2.05, 4.69) is 0 Å². The molecule has 6 nitrogen and oxygen atoms in total. The zero-order valence-corrected chi connectivity index (χ0v) is 13.3. The van der Waals surface area contributed by atoms with E-state index < -0.39 is 32.6 Å². The number of thiophene rings is 1. The summed E-state index contributed by atoms with van der Waals surface area (Å²) in [6, 6.07) is 2.41. The van der Waals surface area contributed by atoms with Gasteiger partial charge >= 0.3 is 5.97 Å². The van der Waals surface area contributed by atoms with Crippen LogP contribution in [0.4, 0.5) is 4.39 Å². The van der Waals surface area contributed by atoms with Crippen molar-refractivity contribution in [3.05, 3.63) is 17.3 Å². The highest BCUT2D eigenvalue weighted by atomic mass is 32.2. The summed E-state index contributed by atoms with van der Waals surface area (Å²) in [6.07, 6.45) is 1.34.